The third-order valence-electron chi connectivity index (χ3n) is 3.14. The lowest BCUT2D eigenvalue weighted by atomic mass is 9.90. The molecule has 92 valence electrons. The number of carbonyl (C=O) groups is 1. The molecule has 1 aromatic heterocycles. The first-order chi connectivity index (χ1) is 8.25. The first-order valence-corrected chi connectivity index (χ1v) is 6.83. The molecule has 0 N–H and O–H groups in total. The summed E-state index contributed by atoms with van der Waals surface area (Å²) < 4.78 is 5.99. The molecule has 4 heteroatoms. The van der Waals surface area contributed by atoms with Gasteiger partial charge in [0.25, 0.3) is 0 Å². The molecule has 0 radical (unpaired) electrons. The van der Waals surface area contributed by atoms with E-state index in [9.17, 15) is 4.79 Å². The Morgan fingerprint density at radius 3 is 2.88 bits per heavy atom. The maximum atomic E-state index is 11.8. The van der Waals surface area contributed by atoms with Crippen molar-refractivity contribution in [2.75, 3.05) is 6.61 Å². The van der Waals surface area contributed by atoms with Gasteiger partial charge in [0.05, 0.1) is 12.2 Å². The van der Waals surface area contributed by atoms with Crippen LogP contribution in [0.1, 0.15) is 42.5 Å². The minimum atomic E-state index is -0.251. The van der Waals surface area contributed by atoms with Gasteiger partial charge in [0, 0.05) is 6.20 Å². The number of ether oxygens (including phenoxy) is 1. The summed E-state index contributed by atoms with van der Waals surface area (Å²) in [6.07, 6.45) is 7.83. The zero-order valence-corrected chi connectivity index (χ0v) is 11.3. The van der Waals surface area contributed by atoms with E-state index >= 15 is 0 Å². The zero-order valence-electron chi connectivity index (χ0n) is 9.69. The number of pyridine rings is 1. The van der Waals surface area contributed by atoms with Crippen LogP contribution in [0.3, 0.4) is 0 Å². The molecule has 1 aliphatic carbocycles. The topological polar surface area (TPSA) is 39.2 Å². The molecule has 1 aromatic rings. The zero-order chi connectivity index (χ0) is 12.1. The van der Waals surface area contributed by atoms with E-state index in [2.05, 4.69) is 20.9 Å². The van der Waals surface area contributed by atoms with E-state index in [1.165, 1.54) is 32.1 Å². The fourth-order valence-corrected chi connectivity index (χ4v) is 2.52. The van der Waals surface area contributed by atoms with E-state index in [4.69, 9.17) is 4.74 Å². The van der Waals surface area contributed by atoms with Crippen LogP contribution in [0.15, 0.2) is 22.9 Å². The van der Waals surface area contributed by atoms with Crippen LogP contribution >= 0.6 is 15.9 Å². The Morgan fingerprint density at radius 1 is 1.41 bits per heavy atom. The van der Waals surface area contributed by atoms with Gasteiger partial charge in [-0.1, -0.05) is 19.3 Å². The molecule has 3 nitrogen and oxygen atoms in total. The number of hydrogen-bond donors (Lipinski definition) is 0. The summed E-state index contributed by atoms with van der Waals surface area (Å²) in [5.41, 5.74) is 0.558. The predicted molar refractivity (Wildman–Crippen MR) is 68.8 cm³/mol. The normalized spacial score (nSPS) is 16.8. The third kappa shape index (κ3) is 3.80. The summed E-state index contributed by atoms with van der Waals surface area (Å²) in [7, 11) is 0. The average Bonchev–Trinajstić information content (AvgIpc) is 2.37. The number of carbonyl (C=O) groups excluding carboxylic acids is 1. The number of aromatic nitrogens is 1. The smallest absolute Gasteiger partial charge is 0.338 e. The molecule has 0 aliphatic heterocycles. The summed E-state index contributed by atoms with van der Waals surface area (Å²) in [4.78, 5) is 15.7. The maximum absolute atomic E-state index is 11.8. The van der Waals surface area contributed by atoms with E-state index in [1.54, 1.807) is 18.3 Å². The van der Waals surface area contributed by atoms with Crippen molar-refractivity contribution >= 4 is 21.9 Å². The van der Waals surface area contributed by atoms with Gasteiger partial charge in [0.2, 0.25) is 0 Å². The number of nitrogens with zero attached hydrogens (tertiary/aromatic N) is 1. The van der Waals surface area contributed by atoms with Crippen LogP contribution in [0.4, 0.5) is 0 Å². The Labute approximate surface area is 110 Å². The lowest BCUT2D eigenvalue weighted by molar-refractivity contribution is 0.0410. The van der Waals surface area contributed by atoms with Crippen LogP contribution in [-0.4, -0.2) is 17.6 Å². The Hall–Kier alpha value is -0.900. The van der Waals surface area contributed by atoms with Gasteiger partial charge in [-0.3, -0.25) is 0 Å². The highest BCUT2D eigenvalue weighted by molar-refractivity contribution is 9.10. The molecule has 0 saturated heterocycles. The number of esters is 1. The monoisotopic (exact) mass is 297 g/mol. The molecular formula is C13H16BrNO2. The van der Waals surface area contributed by atoms with Crippen molar-refractivity contribution in [3.05, 3.63) is 28.5 Å². The van der Waals surface area contributed by atoms with Crippen molar-refractivity contribution < 1.29 is 9.53 Å². The molecule has 0 atom stereocenters. The summed E-state index contributed by atoms with van der Waals surface area (Å²) in [6, 6.07) is 3.36. The van der Waals surface area contributed by atoms with E-state index < -0.39 is 0 Å². The minimum absolute atomic E-state index is 0.251. The Bertz CT molecular complexity index is 389. The number of hydrogen-bond acceptors (Lipinski definition) is 3. The van der Waals surface area contributed by atoms with Crippen LogP contribution < -0.4 is 0 Å². The third-order valence-corrected chi connectivity index (χ3v) is 3.57. The Balaban J connectivity index is 1.84. The molecule has 1 saturated carbocycles. The van der Waals surface area contributed by atoms with Gasteiger partial charge in [-0.15, -0.1) is 0 Å². The molecule has 17 heavy (non-hydrogen) atoms. The molecule has 0 aromatic carbocycles. The molecule has 0 amide bonds. The van der Waals surface area contributed by atoms with E-state index in [1.807, 2.05) is 0 Å². The fourth-order valence-electron chi connectivity index (χ4n) is 2.16. The van der Waals surface area contributed by atoms with Gasteiger partial charge in [0.15, 0.2) is 0 Å². The summed E-state index contributed by atoms with van der Waals surface area (Å²) in [5.74, 6) is 0.302. The molecule has 0 unspecified atom stereocenters. The highest BCUT2D eigenvalue weighted by atomic mass is 79.9. The summed E-state index contributed by atoms with van der Waals surface area (Å²) >= 11 is 3.24. The molecular weight excluding hydrogens is 282 g/mol. The van der Waals surface area contributed by atoms with Crippen molar-refractivity contribution in [1.29, 1.82) is 0 Å². The number of halogens is 1. The van der Waals surface area contributed by atoms with Crippen LogP contribution in [0.2, 0.25) is 0 Å². The Kier molecular flexibility index (Phi) is 4.54. The van der Waals surface area contributed by atoms with Crippen LogP contribution in [0, 0.1) is 5.92 Å². The first kappa shape index (κ1) is 12.6. The van der Waals surface area contributed by atoms with Crippen LogP contribution in [-0.2, 0) is 4.74 Å². The van der Waals surface area contributed by atoms with E-state index in [0.717, 1.165) is 0 Å². The van der Waals surface area contributed by atoms with Gasteiger partial charge in [-0.2, -0.15) is 0 Å². The second-order valence-corrected chi connectivity index (χ2v) is 5.28. The molecule has 0 bridgehead atoms. The second kappa shape index (κ2) is 6.15. The first-order valence-electron chi connectivity index (χ1n) is 6.04. The van der Waals surface area contributed by atoms with Gasteiger partial charge >= 0.3 is 5.97 Å². The van der Waals surface area contributed by atoms with Gasteiger partial charge in [-0.25, -0.2) is 9.78 Å². The summed E-state index contributed by atoms with van der Waals surface area (Å²) in [6.45, 7) is 0.554. The van der Waals surface area contributed by atoms with Gasteiger partial charge in [-0.05, 0) is 46.8 Å². The summed E-state index contributed by atoms with van der Waals surface area (Å²) in [5, 5.41) is 0. The molecule has 0 spiro atoms. The van der Waals surface area contributed by atoms with Gasteiger partial charge < -0.3 is 4.74 Å². The van der Waals surface area contributed by atoms with Crippen LogP contribution in [0.25, 0.3) is 0 Å². The highest BCUT2D eigenvalue weighted by Gasteiger charge is 2.16. The SMILES string of the molecule is O=C(OCC1CCCCC1)c1ccnc(Br)c1. The van der Waals surface area contributed by atoms with Crippen molar-refractivity contribution in [1.82, 2.24) is 4.98 Å². The number of rotatable bonds is 3. The largest absolute Gasteiger partial charge is 0.462 e. The standard InChI is InChI=1S/C13H16BrNO2/c14-12-8-11(6-7-15-12)13(16)17-9-10-4-2-1-3-5-10/h6-8,10H,1-5,9H2. The fraction of sp³-hybridized carbons (Fsp3) is 0.538. The lowest BCUT2D eigenvalue weighted by Crippen LogP contribution is -2.16. The molecule has 1 fully saturated rings. The average molecular weight is 298 g/mol. The molecule has 1 heterocycles. The van der Waals surface area contributed by atoms with Crippen molar-refractivity contribution in [3.8, 4) is 0 Å². The van der Waals surface area contributed by atoms with Crippen molar-refractivity contribution in [3.63, 3.8) is 0 Å². The Morgan fingerprint density at radius 2 is 2.18 bits per heavy atom. The van der Waals surface area contributed by atoms with Crippen molar-refractivity contribution in [2.45, 2.75) is 32.1 Å². The second-order valence-electron chi connectivity index (χ2n) is 4.47. The molecule has 2 rings (SSSR count). The lowest BCUT2D eigenvalue weighted by Gasteiger charge is -2.20. The highest BCUT2D eigenvalue weighted by Crippen LogP contribution is 2.24. The van der Waals surface area contributed by atoms with Crippen LogP contribution in [0.5, 0.6) is 0 Å². The minimum Gasteiger partial charge on any atom is -0.462 e. The van der Waals surface area contributed by atoms with Crippen molar-refractivity contribution in [2.24, 2.45) is 5.92 Å². The quantitative estimate of drug-likeness (QED) is 0.632. The van der Waals surface area contributed by atoms with Gasteiger partial charge in [0.1, 0.15) is 4.60 Å². The van der Waals surface area contributed by atoms with E-state index in [-0.39, 0.29) is 5.97 Å². The van der Waals surface area contributed by atoms with E-state index in [0.29, 0.717) is 22.7 Å². The maximum Gasteiger partial charge on any atom is 0.338 e. The molecule has 1 aliphatic rings. The predicted octanol–water partition coefficient (Wildman–Crippen LogP) is 3.58.